The molecule has 0 bridgehead atoms. The molecule has 1 heterocycles. The summed E-state index contributed by atoms with van der Waals surface area (Å²) in [4.78, 5) is 0. The van der Waals surface area contributed by atoms with Gasteiger partial charge in [-0.25, -0.2) is 0 Å². The second-order valence-corrected chi connectivity index (χ2v) is 11.2. The second kappa shape index (κ2) is 10.8. The lowest BCUT2D eigenvalue weighted by molar-refractivity contribution is 0.422. The first-order valence-corrected chi connectivity index (χ1v) is 12.7. The zero-order valence-electron chi connectivity index (χ0n) is 22.7. The highest BCUT2D eigenvalue weighted by Crippen LogP contribution is 2.50. The van der Waals surface area contributed by atoms with Gasteiger partial charge in [-0.3, -0.25) is 0 Å². The highest BCUT2D eigenvalue weighted by molar-refractivity contribution is 5.60. The topological polar surface area (TPSA) is 9.23 Å². The van der Waals surface area contributed by atoms with Gasteiger partial charge in [-0.15, -0.1) is 6.58 Å². The van der Waals surface area contributed by atoms with Crippen LogP contribution >= 0.6 is 0 Å². The zero-order valence-corrected chi connectivity index (χ0v) is 22.7. The summed E-state index contributed by atoms with van der Waals surface area (Å²) in [5, 5.41) is 0. The van der Waals surface area contributed by atoms with Gasteiger partial charge in [-0.2, -0.15) is 0 Å². The molecule has 1 aliphatic heterocycles. The van der Waals surface area contributed by atoms with E-state index >= 15 is 0 Å². The van der Waals surface area contributed by atoms with Gasteiger partial charge in [-0.1, -0.05) is 98.4 Å². The molecular formula is C32H46O. The molecule has 0 N–H and O–H groups in total. The fourth-order valence-electron chi connectivity index (χ4n) is 4.51. The molecule has 0 fully saturated rings. The van der Waals surface area contributed by atoms with E-state index in [-0.39, 0.29) is 16.7 Å². The van der Waals surface area contributed by atoms with Gasteiger partial charge >= 0.3 is 0 Å². The molecule has 180 valence electrons. The summed E-state index contributed by atoms with van der Waals surface area (Å²) in [5.41, 5.74) is 8.02. The number of unbranched alkanes of at least 4 members (excludes halogenated alkanes) is 2. The van der Waals surface area contributed by atoms with Crippen molar-refractivity contribution >= 4 is 0 Å². The van der Waals surface area contributed by atoms with Crippen LogP contribution in [0, 0.1) is 6.92 Å². The Bertz CT molecular complexity index is 979. The fourth-order valence-corrected chi connectivity index (χ4v) is 4.51. The van der Waals surface area contributed by atoms with Crippen molar-refractivity contribution in [3.63, 3.8) is 0 Å². The molecular weight excluding hydrogens is 400 g/mol. The normalized spacial score (nSPS) is 15.4. The summed E-state index contributed by atoms with van der Waals surface area (Å²) in [6.45, 7) is 28.0. The van der Waals surface area contributed by atoms with E-state index in [0.717, 1.165) is 24.4 Å². The highest BCUT2D eigenvalue weighted by Gasteiger charge is 2.36. The minimum Gasteiger partial charge on any atom is -0.461 e. The molecule has 1 nitrogen and oxygen atoms in total. The van der Waals surface area contributed by atoms with Crippen molar-refractivity contribution in [1.29, 1.82) is 0 Å². The average molecular weight is 447 g/mol. The van der Waals surface area contributed by atoms with Gasteiger partial charge in [-0.05, 0) is 65.7 Å². The third-order valence-electron chi connectivity index (χ3n) is 6.43. The Hall–Kier alpha value is -2.28. The quantitative estimate of drug-likeness (QED) is 0.317. The van der Waals surface area contributed by atoms with E-state index in [4.69, 9.17) is 4.74 Å². The van der Waals surface area contributed by atoms with Crippen LogP contribution in [0.1, 0.15) is 114 Å². The van der Waals surface area contributed by atoms with Crippen LogP contribution < -0.4 is 4.74 Å². The van der Waals surface area contributed by atoms with E-state index in [1.165, 1.54) is 46.2 Å². The summed E-state index contributed by atoms with van der Waals surface area (Å²) in [6, 6.07) is 11.6. The van der Waals surface area contributed by atoms with Gasteiger partial charge in [0.1, 0.15) is 11.5 Å². The molecule has 2 aromatic carbocycles. The molecule has 0 saturated heterocycles. The monoisotopic (exact) mass is 446 g/mol. The van der Waals surface area contributed by atoms with Crippen LogP contribution in [0.2, 0.25) is 0 Å². The first-order chi connectivity index (χ1) is 15.4. The molecule has 3 rings (SSSR count). The van der Waals surface area contributed by atoms with Gasteiger partial charge < -0.3 is 4.74 Å². The number of rotatable bonds is 6. The predicted octanol–water partition coefficient (Wildman–Crippen LogP) is 9.55. The van der Waals surface area contributed by atoms with E-state index in [0.29, 0.717) is 0 Å². The van der Waals surface area contributed by atoms with Crippen molar-refractivity contribution < 1.29 is 4.74 Å². The molecule has 1 atom stereocenters. The lowest BCUT2D eigenvalue weighted by Crippen LogP contribution is -2.17. The standard InChI is InChI=1S/C30H40O.C2H6/c1-10-11-12-13-14-22-15-16-24(20(2)17-22)27-21(3)31-28-25(27)18-23(29(4,5)6)19-26(28)30(7,8)9;1-2/h10,15-19,27H,1,3,11-14H2,2,4-9H3;1-2H3. The van der Waals surface area contributed by atoms with Crippen LogP contribution in [0.3, 0.4) is 0 Å². The molecule has 33 heavy (non-hydrogen) atoms. The van der Waals surface area contributed by atoms with Crippen LogP contribution in [-0.2, 0) is 17.3 Å². The van der Waals surface area contributed by atoms with Gasteiger partial charge in [0, 0.05) is 11.1 Å². The largest absolute Gasteiger partial charge is 0.461 e. The van der Waals surface area contributed by atoms with Gasteiger partial charge in [0.25, 0.3) is 0 Å². The summed E-state index contributed by atoms with van der Waals surface area (Å²) in [5.74, 6) is 1.95. The lowest BCUT2D eigenvalue weighted by atomic mass is 9.76. The Morgan fingerprint density at radius 3 is 2.12 bits per heavy atom. The molecule has 0 spiro atoms. The minimum absolute atomic E-state index is 0.00481. The molecule has 0 aliphatic carbocycles. The van der Waals surface area contributed by atoms with Crippen molar-refractivity contribution in [2.45, 2.75) is 105 Å². The van der Waals surface area contributed by atoms with Gasteiger partial charge in [0.05, 0.1) is 5.92 Å². The number of hydrogen-bond donors (Lipinski definition) is 0. The average Bonchev–Trinajstić information content (AvgIpc) is 3.06. The second-order valence-electron chi connectivity index (χ2n) is 11.2. The Morgan fingerprint density at radius 1 is 0.909 bits per heavy atom. The van der Waals surface area contributed by atoms with E-state index in [9.17, 15) is 0 Å². The Labute approximate surface area is 204 Å². The first-order valence-electron chi connectivity index (χ1n) is 12.7. The number of fused-ring (bicyclic) bond motifs is 1. The third kappa shape index (κ3) is 6.19. The molecule has 2 aromatic rings. The van der Waals surface area contributed by atoms with Crippen LogP contribution in [0.4, 0.5) is 0 Å². The van der Waals surface area contributed by atoms with Crippen molar-refractivity contribution in [3.8, 4) is 5.75 Å². The summed E-state index contributed by atoms with van der Waals surface area (Å²) in [7, 11) is 0. The highest BCUT2D eigenvalue weighted by atomic mass is 16.5. The van der Waals surface area contributed by atoms with Crippen molar-refractivity contribution in [2.24, 2.45) is 0 Å². The molecule has 0 radical (unpaired) electrons. The van der Waals surface area contributed by atoms with Gasteiger partial charge in [0.15, 0.2) is 0 Å². The molecule has 0 saturated carbocycles. The number of benzene rings is 2. The molecule has 0 amide bonds. The summed E-state index contributed by atoms with van der Waals surface area (Å²) >= 11 is 0. The van der Waals surface area contributed by atoms with E-state index in [1.54, 1.807) is 0 Å². The fraction of sp³-hybridized carbons (Fsp3) is 0.500. The first kappa shape index (κ1) is 27.0. The van der Waals surface area contributed by atoms with Crippen LogP contribution in [0.15, 0.2) is 55.3 Å². The van der Waals surface area contributed by atoms with E-state index in [1.807, 2.05) is 19.9 Å². The summed E-state index contributed by atoms with van der Waals surface area (Å²) < 4.78 is 6.37. The lowest BCUT2D eigenvalue weighted by Gasteiger charge is -2.27. The molecule has 0 aromatic heterocycles. The Morgan fingerprint density at radius 2 is 1.58 bits per heavy atom. The maximum absolute atomic E-state index is 6.37. The molecule has 1 aliphatic rings. The van der Waals surface area contributed by atoms with Crippen LogP contribution in [0.5, 0.6) is 5.75 Å². The SMILES string of the molecule is C=CCCCCc1ccc(C2C(=C)Oc3c2cc(C(C)(C)C)cc3C(C)(C)C)c(C)c1.CC. The smallest absolute Gasteiger partial charge is 0.134 e. The van der Waals surface area contributed by atoms with Crippen molar-refractivity contribution in [2.75, 3.05) is 0 Å². The van der Waals surface area contributed by atoms with Crippen LogP contribution in [0.25, 0.3) is 0 Å². The number of aryl methyl sites for hydroxylation is 2. The Kier molecular flexibility index (Phi) is 8.80. The predicted molar refractivity (Wildman–Crippen MR) is 146 cm³/mol. The summed E-state index contributed by atoms with van der Waals surface area (Å²) in [6.07, 6.45) is 6.64. The minimum atomic E-state index is 0.00481. The number of ether oxygens (including phenoxy) is 1. The van der Waals surface area contributed by atoms with Crippen molar-refractivity contribution in [1.82, 2.24) is 0 Å². The van der Waals surface area contributed by atoms with Crippen molar-refractivity contribution in [3.05, 3.63) is 88.7 Å². The zero-order chi connectivity index (χ0) is 25.0. The van der Waals surface area contributed by atoms with E-state index in [2.05, 4.69) is 92.0 Å². The maximum Gasteiger partial charge on any atom is 0.134 e. The number of hydrogen-bond acceptors (Lipinski definition) is 1. The van der Waals surface area contributed by atoms with Gasteiger partial charge in [0.2, 0.25) is 0 Å². The molecule has 1 heteroatoms. The van der Waals surface area contributed by atoms with E-state index < -0.39 is 0 Å². The number of allylic oxidation sites excluding steroid dienone is 2. The third-order valence-corrected chi connectivity index (χ3v) is 6.43. The molecule has 1 unspecified atom stereocenters. The maximum atomic E-state index is 6.37. The Balaban J connectivity index is 0.00000187. The van der Waals surface area contributed by atoms with Crippen LogP contribution in [-0.4, -0.2) is 0 Å².